The third-order valence-corrected chi connectivity index (χ3v) is 0.848. The van der Waals surface area contributed by atoms with Gasteiger partial charge in [-0.25, -0.2) is 0 Å². The third kappa shape index (κ3) is 17.6. The third-order valence-electron chi connectivity index (χ3n) is 0.848. The molecule has 0 amide bonds. The maximum atomic E-state index is 10.2. The molecule has 0 bridgehead atoms. The van der Waals surface area contributed by atoms with Gasteiger partial charge in [0.1, 0.15) is 0 Å². The van der Waals surface area contributed by atoms with Gasteiger partial charge in [0, 0.05) is 13.0 Å². The molecule has 0 atom stereocenters. The van der Waals surface area contributed by atoms with Crippen molar-refractivity contribution in [3.8, 4) is 0 Å². The number of rotatable bonds is 3. The van der Waals surface area contributed by atoms with E-state index in [-0.39, 0.29) is 5.97 Å². The van der Waals surface area contributed by atoms with Gasteiger partial charge in [0.15, 0.2) is 0 Å². The van der Waals surface area contributed by atoms with Crippen molar-refractivity contribution in [3.63, 3.8) is 0 Å². The van der Waals surface area contributed by atoms with Gasteiger partial charge in [-0.05, 0) is 6.42 Å². The Morgan fingerprint density at radius 2 is 2.18 bits per heavy atom. The average molecular weight is 159 g/mol. The molecule has 0 saturated heterocycles. The normalized spacial score (nSPS) is 7.55. The van der Waals surface area contributed by atoms with Crippen LogP contribution < -0.4 is 5.73 Å². The molecule has 0 fully saturated rings. The second-order valence-electron chi connectivity index (χ2n) is 1.85. The van der Waals surface area contributed by atoms with Crippen molar-refractivity contribution in [2.75, 3.05) is 13.7 Å². The van der Waals surface area contributed by atoms with Crippen LogP contribution in [-0.2, 0) is 9.53 Å². The first-order chi connectivity index (χ1) is 5.22. The van der Waals surface area contributed by atoms with Crippen molar-refractivity contribution >= 4 is 5.97 Å². The Kier molecular flexibility index (Phi) is 13.9. The molecule has 3 nitrogen and oxygen atoms in total. The van der Waals surface area contributed by atoms with Crippen LogP contribution in [0.4, 0.5) is 0 Å². The van der Waals surface area contributed by atoms with E-state index in [1.807, 2.05) is 6.92 Å². The van der Waals surface area contributed by atoms with Gasteiger partial charge in [-0.15, -0.1) is 6.58 Å². The summed E-state index contributed by atoms with van der Waals surface area (Å²) in [4.78, 5) is 10.2. The Bertz CT molecular complexity index is 102. The summed E-state index contributed by atoms with van der Waals surface area (Å²) in [5.74, 6) is -0.123. The number of hydrogen-bond acceptors (Lipinski definition) is 3. The molecule has 0 heterocycles. The molecule has 3 heteroatoms. The first-order valence-electron chi connectivity index (χ1n) is 3.60. The van der Waals surface area contributed by atoms with E-state index in [0.717, 1.165) is 6.42 Å². The fourth-order valence-electron chi connectivity index (χ4n) is 0.306. The van der Waals surface area contributed by atoms with E-state index in [1.165, 1.54) is 7.11 Å². The molecule has 0 aromatic rings. The maximum Gasteiger partial charge on any atom is 0.305 e. The number of esters is 1. The number of carbonyl (C=O) groups is 1. The van der Waals surface area contributed by atoms with Crippen LogP contribution in [0.3, 0.4) is 0 Å². The molecule has 0 unspecified atom stereocenters. The van der Waals surface area contributed by atoms with E-state index in [4.69, 9.17) is 5.73 Å². The highest BCUT2D eigenvalue weighted by Gasteiger charge is 1.92. The van der Waals surface area contributed by atoms with E-state index in [2.05, 4.69) is 11.3 Å². The van der Waals surface area contributed by atoms with Crippen LogP contribution in [0, 0.1) is 0 Å². The maximum absolute atomic E-state index is 10.2. The summed E-state index contributed by atoms with van der Waals surface area (Å²) >= 11 is 0. The summed E-state index contributed by atoms with van der Waals surface area (Å²) in [6.45, 7) is 5.88. The smallest absolute Gasteiger partial charge is 0.305 e. The van der Waals surface area contributed by atoms with Crippen LogP contribution in [0.2, 0.25) is 0 Å². The first-order valence-corrected chi connectivity index (χ1v) is 3.60. The Morgan fingerprint density at radius 1 is 1.73 bits per heavy atom. The predicted octanol–water partition coefficient (Wildman–Crippen LogP) is 1.09. The summed E-state index contributed by atoms with van der Waals surface area (Å²) < 4.78 is 4.35. The lowest BCUT2D eigenvalue weighted by atomic mass is 10.3. The van der Waals surface area contributed by atoms with Crippen molar-refractivity contribution in [1.82, 2.24) is 0 Å². The lowest BCUT2D eigenvalue weighted by Crippen LogP contribution is -1.97. The monoisotopic (exact) mass is 159 g/mol. The summed E-state index contributed by atoms with van der Waals surface area (Å²) in [7, 11) is 1.40. The van der Waals surface area contributed by atoms with Crippen molar-refractivity contribution < 1.29 is 9.53 Å². The minimum Gasteiger partial charge on any atom is -0.469 e. The van der Waals surface area contributed by atoms with Crippen molar-refractivity contribution in [2.24, 2.45) is 5.73 Å². The van der Waals surface area contributed by atoms with Gasteiger partial charge in [-0.3, -0.25) is 4.79 Å². The quantitative estimate of drug-likeness (QED) is 0.495. The van der Waals surface area contributed by atoms with E-state index in [9.17, 15) is 4.79 Å². The van der Waals surface area contributed by atoms with Crippen molar-refractivity contribution in [3.05, 3.63) is 12.7 Å². The molecular formula is C8H17NO2. The van der Waals surface area contributed by atoms with Gasteiger partial charge in [-0.2, -0.15) is 0 Å². The number of hydrogen-bond donors (Lipinski definition) is 1. The SMILES string of the molecule is C=CCN.CCCC(=O)OC. The van der Waals surface area contributed by atoms with Crippen molar-refractivity contribution in [2.45, 2.75) is 19.8 Å². The molecule has 0 aliphatic heterocycles. The van der Waals surface area contributed by atoms with Gasteiger partial charge in [-0.1, -0.05) is 13.0 Å². The molecule has 0 saturated carbocycles. The number of nitrogens with two attached hydrogens (primary N) is 1. The Labute approximate surface area is 68.2 Å². The molecular weight excluding hydrogens is 142 g/mol. The van der Waals surface area contributed by atoms with Gasteiger partial charge >= 0.3 is 5.97 Å². The van der Waals surface area contributed by atoms with E-state index in [1.54, 1.807) is 6.08 Å². The molecule has 11 heavy (non-hydrogen) atoms. The zero-order valence-corrected chi connectivity index (χ0v) is 7.30. The molecule has 66 valence electrons. The minimum absolute atomic E-state index is 0.123. The van der Waals surface area contributed by atoms with Gasteiger partial charge in [0.25, 0.3) is 0 Å². The summed E-state index contributed by atoms with van der Waals surface area (Å²) in [5.41, 5.74) is 4.91. The molecule has 0 aliphatic rings. The molecule has 0 aliphatic carbocycles. The van der Waals surface area contributed by atoms with Gasteiger partial charge in [0.2, 0.25) is 0 Å². The molecule has 0 radical (unpaired) electrons. The predicted molar refractivity (Wildman–Crippen MR) is 46.2 cm³/mol. The minimum atomic E-state index is -0.123. The lowest BCUT2D eigenvalue weighted by molar-refractivity contribution is -0.140. The van der Waals surface area contributed by atoms with Crippen molar-refractivity contribution in [1.29, 1.82) is 0 Å². The Hall–Kier alpha value is -0.830. The van der Waals surface area contributed by atoms with E-state index < -0.39 is 0 Å². The number of methoxy groups -OCH3 is 1. The zero-order valence-electron chi connectivity index (χ0n) is 7.30. The Balaban J connectivity index is 0. The number of carbonyl (C=O) groups excluding carboxylic acids is 1. The van der Waals surface area contributed by atoms with Crippen LogP contribution in [-0.4, -0.2) is 19.6 Å². The lowest BCUT2D eigenvalue weighted by Gasteiger charge is -1.91. The van der Waals surface area contributed by atoms with E-state index >= 15 is 0 Å². The fourth-order valence-corrected chi connectivity index (χ4v) is 0.306. The average Bonchev–Trinajstić information content (AvgIpc) is 2.05. The van der Waals surface area contributed by atoms with Crippen LogP contribution in [0.5, 0.6) is 0 Å². The number of ether oxygens (including phenoxy) is 1. The molecule has 0 aromatic heterocycles. The summed E-state index contributed by atoms with van der Waals surface area (Å²) in [5, 5.41) is 0. The zero-order chi connectivity index (χ0) is 9.11. The van der Waals surface area contributed by atoms with Gasteiger partial charge in [0.05, 0.1) is 7.11 Å². The summed E-state index contributed by atoms with van der Waals surface area (Å²) in [6, 6.07) is 0. The second kappa shape index (κ2) is 11.9. The standard InChI is InChI=1S/C5H10O2.C3H7N/c1-3-4-5(6)7-2;1-2-3-4/h3-4H2,1-2H3;2H,1,3-4H2. The fraction of sp³-hybridized carbons (Fsp3) is 0.625. The summed E-state index contributed by atoms with van der Waals surface area (Å²) in [6.07, 6.45) is 3.06. The van der Waals surface area contributed by atoms with Gasteiger partial charge < -0.3 is 10.5 Å². The largest absolute Gasteiger partial charge is 0.469 e. The second-order valence-corrected chi connectivity index (χ2v) is 1.85. The molecule has 0 aromatic carbocycles. The molecule has 2 N–H and O–H groups in total. The van der Waals surface area contributed by atoms with Crippen LogP contribution in [0.1, 0.15) is 19.8 Å². The highest BCUT2D eigenvalue weighted by Crippen LogP contribution is 1.86. The molecule has 0 spiro atoms. The topological polar surface area (TPSA) is 52.3 Å². The Morgan fingerprint density at radius 3 is 2.27 bits per heavy atom. The van der Waals surface area contributed by atoms with E-state index in [0.29, 0.717) is 13.0 Å². The highest BCUT2D eigenvalue weighted by atomic mass is 16.5. The highest BCUT2D eigenvalue weighted by molar-refractivity contribution is 5.68. The van der Waals surface area contributed by atoms with Crippen LogP contribution in [0.15, 0.2) is 12.7 Å². The van der Waals surface area contributed by atoms with Crippen LogP contribution in [0.25, 0.3) is 0 Å². The van der Waals surface area contributed by atoms with Crippen LogP contribution >= 0.6 is 0 Å². The molecule has 0 rings (SSSR count). The first kappa shape index (κ1) is 12.8.